The number of hydrogen-bond donors (Lipinski definition) is 1. The van der Waals surface area contributed by atoms with Crippen LogP contribution in [0, 0.1) is 5.92 Å². The fraction of sp³-hybridized carbons (Fsp3) is 0.600. The maximum atomic E-state index is 12.9. The molecule has 2 fully saturated rings. The van der Waals surface area contributed by atoms with Crippen LogP contribution in [-0.2, 0) is 11.3 Å². The van der Waals surface area contributed by atoms with Crippen molar-refractivity contribution in [1.82, 2.24) is 20.1 Å². The molecular weight excluding hydrogens is 436 g/mol. The van der Waals surface area contributed by atoms with Crippen LogP contribution in [-0.4, -0.2) is 66.6 Å². The van der Waals surface area contributed by atoms with Crippen molar-refractivity contribution in [2.45, 2.75) is 50.7 Å². The van der Waals surface area contributed by atoms with E-state index in [2.05, 4.69) is 32.2 Å². The highest BCUT2D eigenvalue weighted by atomic mass is 32.1. The molecule has 3 aliphatic heterocycles. The van der Waals surface area contributed by atoms with E-state index in [1.807, 2.05) is 17.6 Å². The van der Waals surface area contributed by atoms with Gasteiger partial charge in [0.25, 0.3) is 0 Å². The molecule has 0 saturated carbocycles. The Hall–Kier alpha value is -2.16. The minimum atomic E-state index is 0.120. The second-order valence-corrected chi connectivity index (χ2v) is 10.3. The number of nitrogens with zero attached hydrogens (tertiary/aromatic N) is 3. The van der Waals surface area contributed by atoms with E-state index in [0.29, 0.717) is 37.7 Å². The van der Waals surface area contributed by atoms with Gasteiger partial charge in [0, 0.05) is 30.2 Å². The Morgan fingerprint density at radius 1 is 1.27 bits per heavy atom. The van der Waals surface area contributed by atoms with E-state index in [0.717, 1.165) is 55.4 Å². The average Bonchev–Trinajstić information content (AvgIpc) is 3.56. The second-order valence-electron chi connectivity index (χ2n) is 9.37. The fourth-order valence-electron chi connectivity index (χ4n) is 5.71. The molecule has 7 nitrogen and oxygen atoms in total. The van der Waals surface area contributed by atoms with Gasteiger partial charge in [-0.2, -0.15) is 0 Å². The number of fused-ring (bicyclic) bond motifs is 8. The quantitative estimate of drug-likeness (QED) is 0.741. The molecule has 2 aromatic rings. The second kappa shape index (κ2) is 10.4. The minimum absolute atomic E-state index is 0.120. The van der Waals surface area contributed by atoms with Crippen molar-refractivity contribution in [3.05, 3.63) is 40.3 Å². The topological polar surface area (TPSA) is 66.9 Å². The largest absolute Gasteiger partial charge is 0.493 e. The molecule has 0 spiro atoms. The van der Waals surface area contributed by atoms with Crippen LogP contribution in [0.2, 0.25) is 0 Å². The number of rotatable bonds is 3. The zero-order valence-electron chi connectivity index (χ0n) is 19.4. The highest BCUT2D eigenvalue weighted by Gasteiger charge is 2.44. The zero-order valence-corrected chi connectivity index (χ0v) is 20.2. The molecule has 1 N–H and O–H groups in total. The number of carbonyl (C=O) groups excluding carboxylic acids is 1. The Kier molecular flexibility index (Phi) is 7.13. The minimum Gasteiger partial charge on any atom is -0.493 e. The number of amides is 1. The molecule has 3 aliphatic rings. The lowest BCUT2D eigenvalue weighted by Gasteiger charge is -2.25. The molecule has 0 aliphatic carbocycles. The first-order chi connectivity index (χ1) is 16.2. The number of nitrogens with one attached hydrogen (secondary N) is 1. The molecule has 3 atom stereocenters. The number of aromatic nitrogens is 1. The van der Waals surface area contributed by atoms with Crippen LogP contribution in [0.3, 0.4) is 0 Å². The van der Waals surface area contributed by atoms with Gasteiger partial charge in [-0.1, -0.05) is 6.07 Å². The highest BCUT2D eigenvalue weighted by Crippen LogP contribution is 2.46. The molecule has 178 valence electrons. The summed E-state index contributed by atoms with van der Waals surface area (Å²) in [6.45, 7) is 4.48. The average molecular weight is 471 g/mol. The lowest BCUT2D eigenvalue weighted by atomic mass is 9.94. The fourth-order valence-corrected chi connectivity index (χ4v) is 6.37. The van der Waals surface area contributed by atoms with Crippen LogP contribution in [0.25, 0.3) is 0 Å². The molecule has 0 unspecified atom stereocenters. The molecular formula is C25H34N4O3S. The van der Waals surface area contributed by atoms with Crippen molar-refractivity contribution >= 4 is 17.2 Å². The van der Waals surface area contributed by atoms with Crippen LogP contribution in [0.15, 0.2) is 29.8 Å². The summed E-state index contributed by atoms with van der Waals surface area (Å²) in [6.07, 6.45) is 7.22. The summed E-state index contributed by atoms with van der Waals surface area (Å²) in [5.41, 5.74) is 1.30. The summed E-state index contributed by atoms with van der Waals surface area (Å²) in [5.74, 6) is 2.24. The number of benzene rings is 1. The standard InChI is InChI=1S/C25H34N4O3S/c1-31-22-7-6-18-14-23(22)32-11-3-2-9-28(17-25-26-8-12-33-25)16-24(30)27-15-19-13-21(18)29-10-4-5-20(19)29/h6-8,12,14,19-21H,2-5,9-11,13,15-17H2,1H3,(H,27,30)/t19-,20+,21-/m1/s1. The van der Waals surface area contributed by atoms with Gasteiger partial charge in [-0.3, -0.25) is 14.6 Å². The van der Waals surface area contributed by atoms with E-state index >= 15 is 0 Å². The van der Waals surface area contributed by atoms with Crippen LogP contribution in [0.1, 0.15) is 48.7 Å². The van der Waals surface area contributed by atoms with Crippen LogP contribution >= 0.6 is 11.3 Å². The molecule has 1 amide bonds. The third-order valence-electron chi connectivity index (χ3n) is 7.28. The molecule has 4 heterocycles. The lowest BCUT2D eigenvalue weighted by Crippen LogP contribution is -2.41. The predicted octanol–water partition coefficient (Wildman–Crippen LogP) is 3.47. The summed E-state index contributed by atoms with van der Waals surface area (Å²) in [5, 5.41) is 6.31. The smallest absolute Gasteiger partial charge is 0.234 e. The summed E-state index contributed by atoms with van der Waals surface area (Å²) in [4.78, 5) is 22.1. The van der Waals surface area contributed by atoms with Crippen LogP contribution < -0.4 is 14.8 Å². The SMILES string of the molecule is COc1ccc2cc1OCCCCN(Cc1nccs1)CC(=O)NC[C@H]1C[C@H]2N2CCC[C@@H]12. The Labute approximate surface area is 200 Å². The summed E-state index contributed by atoms with van der Waals surface area (Å²) in [7, 11) is 1.70. The van der Waals surface area contributed by atoms with Crippen molar-refractivity contribution in [2.75, 3.05) is 39.9 Å². The van der Waals surface area contributed by atoms with E-state index in [1.165, 1.54) is 18.4 Å². The van der Waals surface area contributed by atoms with Gasteiger partial charge in [0.05, 0.1) is 26.8 Å². The van der Waals surface area contributed by atoms with Crippen molar-refractivity contribution < 1.29 is 14.3 Å². The van der Waals surface area contributed by atoms with E-state index < -0.39 is 0 Å². The number of thiazole rings is 1. The van der Waals surface area contributed by atoms with E-state index in [4.69, 9.17) is 9.47 Å². The van der Waals surface area contributed by atoms with Crippen LogP contribution in [0.4, 0.5) is 0 Å². The Bertz CT molecular complexity index is 938. The van der Waals surface area contributed by atoms with E-state index in [-0.39, 0.29) is 5.91 Å². The van der Waals surface area contributed by atoms with Crippen LogP contribution in [0.5, 0.6) is 11.5 Å². The number of methoxy groups -OCH3 is 1. The summed E-state index contributed by atoms with van der Waals surface area (Å²) in [6, 6.07) is 7.34. The first kappa shape index (κ1) is 22.6. The number of ether oxygens (including phenoxy) is 2. The molecule has 1 aromatic carbocycles. The third-order valence-corrected chi connectivity index (χ3v) is 8.05. The number of carbonyl (C=O) groups is 1. The first-order valence-corrected chi connectivity index (χ1v) is 13.0. The third kappa shape index (κ3) is 5.18. The molecule has 33 heavy (non-hydrogen) atoms. The predicted molar refractivity (Wildman–Crippen MR) is 129 cm³/mol. The van der Waals surface area contributed by atoms with Gasteiger partial charge in [-0.05, 0) is 68.8 Å². The van der Waals surface area contributed by atoms with Gasteiger partial charge >= 0.3 is 0 Å². The summed E-state index contributed by atoms with van der Waals surface area (Å²) >= 11 is 1.64. The Morgan fingerprint density at radius 3 is 3.06 bits per heavy atom. The van der Waals surface area contributed by atoms with Crippen molar-refractivity contribution in [1.29, 1.82) is 0 Å². The zero-order chi connectivity index (χ0) is 22.6. The molecule has 1 aromatic heterocycles. The highest BCUT2D eigenvalue weighted by molar-refractivity contribution is 7.09. The van der Waals surface area contributed by atoms with Gasteiger partial charge < -0.3 is 14.8 Å². The maximum absolute atomic E-state index is 12.9. The Morgan fingerprint density at radius 2 is 2.21 bits per heavy atom. The molecule has 8 heteroatoms. The van der Waals surface area contributed by atoms with Crippen molar-refractivity contribution in [2.24, 2.45) is 5.92 Å². The van der Waals surface area contributed by atoms with Gasteiger partial charge in [-0.15, -0.1) is 11.3 Å². The normalized spacial score (nSPS) is 27.1. The lowest BCUT2D eigenvalue weighted by molar-refractivity contribution is -0.122. The first-order valence-electron chi connectivity index (χ1n) is 12.1. The Balaban J connectivity index is 1.36. The molecule has 5 rings (SSSR count). The van der Waals surface area contributed by atoms with Crippen molar-refractivity contribution in [3.8, 4) is 11.5 Å². The van der Waals surface area contributed by atoms with Gasteiger partial charge in [0.15, 0.2) is 11.5 Å². The molecule has 2 saturated heterocycles. The molecule has 0 radical (unpaired) electrons. The maximum Gasteiger partial charge on any atom is 0.234 e. The monoisotopic (exact) mass is 470 g/mol. The van der Waals surface area contributed by atoms with Gasteiger partial charge in [-0.25, -0.2) is 4.98 Å². The van der Waals surface area contributed by atoms with E-state index in [9.17, 15) is 4.79 Å². The summed E-state index contributed by atoms with van der Waals surface area (Å²) < 4.78 is 11.8. The van der Waals surface area contributed by atoms with Gasteiger partial charge in [0.2, 0.25) is 5.91 Å². The molecule has 4 bridgehead atoms. The van der Waals surface area contributed by atoms with E-state index in [1.54, 1.807) is 18.4 Å². The van der Waals surface area contributed by atoms with Crippen molar-refractivity contribution in [3.63, 3.8) is 0 Å². The van der Waals surface area contributed by atoms with Gasteiger partial charge in [0.1, 0.15) is 5.01 Å². The number of hydrogen-bond acceptors (Lipinski definition) is 7.